The van der Waals surface area contributed by atoms with E-state index in [9.17, 15) is 4.79 Å². The number of hydrogen-bond acceptors (Lipinski definition) is 8. The molecule has 10 nitrogen and oxygen atoms in total. The van der Waals surface area contributed by atoms with E-state index in [2.05, 4.69) is 53.8 Å². The molecule has 0 N–H and O–H groups in total. The van der Waals surface area contributed by atoms with Crippen molar-refractivity contribution in [1.82, 2.24) is 29.2 Å². The van der Waals surface area contributed by atoms with Crippen molar-refractivity contribution in [1.29, 1.82) is 0 Å². The fraction of sp³-hybridized carbons (Fsp3) is 0.474. The molecule has 7 rings (SSSR count). The lowest BCUT2D eigenvalue weighted by Gasteiger charge is -2.32. The fourth-order valence-electron chi connectivity index (χ4n) is 6.51. The van der Waals surface area contributed by atoms with Gasteiger partial charge in [0, 0.05) is 41.9 Å². The second-order valence-corrected chi connectivity index (χ2v) is 14.5. The van der Waals surface area contributed by atoms with Gasteiger partial charge in [0.2, 0.25) is 5.88 Å². The first-order valence-corrected chi connectivity index (χ1v) is 17.2. The van der Waals surface area contributed by atoms with E-state index in [-0.39, 0.29) is 12.1 Å². The molecule has 5 aromatic rings. The summed E-state index contributed by atoms with van der Waals surface area (Å²) in [6, 6.07) is 18.4. The molecule has 0 aliphatic carbocycles. The number of benzene rings is 2. The summed E-state index contributed by atoms with van der Waals surface area (Å²) in [5.41, 5.74) is 4.97. The lowest BCUT2D eigenvalue weighted by Crippen LogP contribution is -2.35. The van der Waals surface area contributed by atoms with Gasteiger partial charge in [0.25, 0.3) is 0 Å². The van der Waals surface area contributed by atoms with Gasteiger partial charge in [0.15, 0.2) is 0 Å². The minimum Gasteiger partial charge on any atom is -0.473 e. The van der Waals surface area contributed by atoms with Crippen LogP contribution in [0, 0.1) is 0 Å². The van der Waals surface area contributed by atoms with Gasteiger partial charge in [-0.15, -0.1) is 0 Å². The van der Waals surface area contributed by atoms with Gasteiger partial charge in [-0.2, -0.15) is 5.10 Å². The van der Waals surface area contributed by atoms with Crippen molar-refractivity contribution in [3.8, 4) is 5.88 Å². The zero-order chi connectivity index (χ0) is 33.4. The van der Waals surface area contributed by atoms with E-state index >= 15 is 0 Å². The molecule has 0 spiro atoms. The molecule has 0 bridgehead atoms. The Morgan fingerprint density at radius 1 is 1.00 bits per heavy atom. The molecule has 2 saturated heterocycles. The van der Waals surface area contributed by atoms with Gasteiger partial charge in [-0.05, 0) is 103 Å². The van der Waals surface area contributed by atoms with E-state index in [1.54, 1.807) is 0 Å². The quantitative estimate of drug-likeness (QED) is 0.148. The summed E-state index contributed by atoms with van der Waals surface area (Å²) in [6.45, 7) is 14.5. The highest BCUT2D eigenvalue weighted by Gasteiger charge is 2.27. The molecule has 2 aromatic carbocycles. The number of likely N-dealkylation sites (tertiary alicyclic amines) is 1. The summed E-state index contributed by atoms with van der Waals surface area (Å²) < 4.78 is 21.8. The molecule has 1 atom stereocenters. The molecule has 5 heterocycles. The highest BCUT2D eigenvalue weighted by atomic mass is 16.6. The van der Waals surface area contributed by atoms with Crippen molar-refractivity contribution in [2.75, 3.05) is 19.7 Å². The number of aromatic nitrogens is 5. The molecule has 0 unspecified atom stereocenters. The Hall–Kier alpha value is -4.28. The summed E-state index contributed by atoms with van der Waals surface area (Å²) in [5.74, 6) is 1.71. The van der Waals surface area contributed by atoms with Crippen LogP contribution in [0.3, 0.4) is 0 Å². The Kier molecular flexibility index (Phi) is 8.96. The van der Waals surface area contributed by atoms with Crippen LogP contribution in [-0.4, -0.2) is 66.6 Å². The predicted molar refractivity (Wildman–Crippen MR) is 185 cm³/mol. The smallest absolute Gasteiger partial charge is 0.338 e. The Labute approximate surface area is 282 Å². The highest BCUT2D eigenvalue weighted by molar-refractivity contribution is 5.94. The van der Waals surface area contributed by atoms with Crippen LogP contribution in [0.2, 0.25) is 0 Å². The van der Waals surface area contributed by atoms with Crippen LogP contribution in [0.5, 0.6) is 5.88 Å². The maximum atomic E-state index is 12.9. The van der Waals surface area contributed by atoms with Crippen LogP contribution < -0.4 is 4.74 Å². The SMILES string of the molecule is CC(C)n1cc2ccc(COc3cccc(C4CCN(Cc5nc6ccc(C(=O)OC(C)(C)C)cc6n5C[C@@H]5CCO5)CC4)n3)cc2n1. The Morgan fingerprint density at radius 2 is 1.81 bits per heavy atom. The normalized spacial score (nSPS) is 17.7. The number of rotatable bonds is 10. The van der Waals surface area contributed by atoms with Crippen molar-refractivity contribution in [2.24, 2.45) is 0 Å². The molecule has 2 aliphatic heterocycles. The molecule has 10 heteroatoms. The van der Waals surface area contributed by atoms with Crippen LogP contribution in [-0.2, 0) is 29.2 Å². The molecule has 252 valence electrons. The average molecular weight is 651 g/mol. The van der Waals surface area contributed by atoms with Crippen molar-refractivity contribution in [3.63, 3.8) is 0 Å². The lowest BCUT2D eigenvalue weighted by molar-refractivity contribution is -0.0592. The average Bonchev–Trinajstić information content (AvgIpc) is 3.62. The molecule has 0 amide bonds. The van der Waals surface area contributed by atoms with E-state index in [1.165, 1.54) is 0 Å². The third kappa shape index (κ3) is 7.24. The summed E-state index contributed by atoms with van der Waals surface area (Å²) >= 11 is 0. The van der Waals surface area contributed by atoms with E-state index in [1.807, 2.05) is 55.8 Å². The summed E-state index contributed by atoms with van der Waals surface area (Å²) in [4.78, 5) is 25.3. The first-order chi connectivity index (χ1) is 23.1. The number of carbonyl (C=O) groups is 1. The molecule has 48 heavy (non-hydrogen) atoms. The predicted octanol–water partition coefficient (Wildman–Crippen LogP) is 7.06. The molecular formula is C38H46N6O4. The first-order valence-electron chi connectivity index (χ1n) is 17.2. The summed E-state index contributed by atoms with van der Waals surface area (Å²) in [5, 5.41) is 5.84. The van der Waals surface area contributed by atoms with Gasteiger partial charge in [-0.1, -0.05) is 18.2 Å². The maximum Gasteiger partial charge on any atom is 0.338 e. The second-order valence-electron chi connectivity index (χ2n) is 14.5. The molecule has 3 aromatic heterocycles. The van der Waals surface area contributed by atoms with Crippen molar-refractivity contribution in [2.45, 2.75) is 97.2 Å². The van der Waals surface area contributed by atoms with Gasteiger partial charge in [0.1, 0.15) is 18.0 Å². The van der Waals surface area contributed by atoms with Crippen LogP contribution in [0.15, 0.2) is 60.8 Å². The number of imidazole rings is 1. The van der Waals surface area contributed by atoms with Gasteiger partial charge < -0.3 is 18.8 Å². The topological polar surface area (TPSA) is 96.5 Å². The number of hydrogen-bond donors (Lipinski definition) is 0. The van der Waals surface area contributed by atoms with Crippen LogP contribution in [0.4, 0.5) is 0 Å². The van der Waals surface area contributed by atoms with Crippen molar-refractivity contribution < 1.29 is 19.0 Å². The van der Waals surface area contributed by atoms with Crippen LogP contribution in [0.1, 0.15) is 93.3 Å². The Balaban J connectivity index is 0.994. The number of nitrogens with zero attached hydrogens (tertiary/aromatic N) is 6. The third-order valence-electron chi connectivity index (χ3n) is 9.26. The van der Waals surface area contributed by atoms with Gasteiger partial charge in [-0.25, -0.2) is 14.8 Å². The zero-order valence-electron chi connectivity index (χ0n) is 28.7. The first kappa shape index (κ1) is 32.3. The minimum absolute atomic E-state index is 0.170. The van der Waals surface area contributed by atoms with Gasteiger partial charge in [0.05, 0.1) is 41.3 Å². The van der Waals surface area contributed by atoms with Crippen molar-refractivity contribution in [3.05, 3.63) is 83.4 Å². The number of carbonyl (C=O) groups excluding carboxylic acids is 1. The van der Waals surface area contributed by atoms with E-state index in [0.717, 1.165) is 91.1 Å². The number of fused-ring (bicyclic) bond motifs is 2. The third-order valence-corrected chi connectivity index (χ3v) is 9.26. The second kappa shape index (κ2) is 13.3. The van der Waals surface area contributed by atoms with E-state index in [4.69, 9.17) is 29.3 Å². The van der Waals surface area contributed by atoms with Crippen molar-refractivity contribution >= 4 is 27.9 Å². The number of esters is 1. The van der Waals surface area contributed by atoms with Crippen LogP contribution in [0.25, 0.3) is 21.9 Å². The zero-order valence-corrected chi connectivity index (χ0v) is 28.7. The highest BCUT2D eigenvalue weighted by Crippen LogP contribution is 2.30. The van der Waals surface area contributed by atoms with Gasteiger partial charge >= 0.3 is 5.97 Å². The fourth-order valence-corrected chi connectivity index (χ4v) is 6.51. The monoisotopic (exact) mass is 650 g/mol. The number of pyridine rings is 1. The standard InChI is InChI=1S/C38H46N6O4/c1-25(2)44-21-29-10-9-26(19-33(29)41-44)24-47-36-8-6-7-31(40-36)27-13-16-42(17-14-27)23-35-39-32-12-11-28(37(45)48-38(3,4)5)20-34(32)43(35)22-30-15-18-46-30/h6-12,19-21,25,27,30H,13-18,22-24H2,1-5H3/t30-/m0/s1. The molecule has 2 fully saturated rings. The Bertz CT molecular complexity index is 1910. The van der Waals surface area contributed by atoms with E-state index < -0.39 is 5.60 Å². The largest absolute Gasteiger partial charge is 0.473 e. The lowest BCUT2D eigenvalue weighted by atomic mass is 9.93. The minimum atomic E-state index is -0.554. The maximum absolute atomic E-state index is 12.9. The summed E-state index contributed by atoms with van der Waals surface area (Å²) in [7, 11) is 0. The van der Waals surface area contributed by atoms with Crippen LogP contribution >= 0.6 is 0 Å². The molecule has 0 radical (unpaired) electrons. The number of ether oxygens (including phenoxy) is 3. The van der Waals surface area contributed by atoms with Gasteiger partial charge in [-0.3, -0.25) is 9.58 Å². The van der Waals surface area contributed by atoms with E-state index in [0.29, 0.717) is 30.0 Å². The summed E-state index contributed by atoms with van der Waals surface area (Å²) in [6.07, 6.45) is 5.32. The number of piperidine rings is 1. The molecule has 0 saturated carbocycles. The molecule has 2 aliphatic rings. The molecular weight excluding hydrogens is 604 g/mol. The Morgan fingerprint density at radius 3 is 2.54 bits per heavy atom.